The average Bonchev–Trinajstić information content (AvgIpc) is 2.33. The van der Waals surface area contributed by atoms with Gasteiger partial charge in [-0.3, -0.25) is 0 Å². The number of benzene rings is 2. The Hall–Kier alpha value is -0.308. The summed E-state index contributed by atoms with van der Waals surface area (Å²) in [5, 5.41) is 3.96. The van der Waals surface area contributed by atoms with Crippen molar-refractivity contribution >= 4 is 35.5 Å². The van der Waals surface area contributed by atoms with Gasteiger partial charge in [0, 0.05) is 0 Å². The molecule has 0 N–H and O–H groups in total. The van der Waals surface area contributed by atoms with Crippen molar-refractivity contribution < 1.29 is 12.4 Å². The van der Waals surface area contributed by atoms with Crippen molar-refractivity contribution in [2.75, 3.05) is 0 Å². The quantitative estimate of drug-likeness (QED) is 0.532. The van der Waals surface area contributed by atoms with Crippen molar-refractivity contribution in [3.8, 4) is 0 Å². The van der Waals surface area contributed by atoms with Gasteiger partial charge in [-0.05, 0) is 10.6 Å². The van der Waals surface area contributed by atoms with Gasteiger partial charge in [-0.1, -0.05) is 69.2 Å². The first-order valence-electron chi connectivity index (χ1n) is 5.44. The zero-order chi connectivity index (χ0) is 11.6. The second-order valence-corrected chi connectivity index (χ2v) is 5.49. The molecule has 87 valence electrons. The maximum Gasteiger partial charge on any atom is -0.0226 e. The van der Waals surface area contributed by atoms with Crippen LogP contribution in [0.4, 0.5) is 0 Å². The van der Waals surface area contributed by atoms with Gasteiger partial charge in [0.25, 0.3) is 0 Å². The van der Waals surface area contributed by atoms with E-state index >= 15 is 0 Å². The third-order valence-corrected chi connectivity index (χ3v) is 3.08. The van der Waals surface area contributed by atoms with E-state index in [1.807, 2.05) is 0 Å². The van der Waals surface area contributed by atoms with E-state index in [0.717, 1.165) is 8.58 Å². The van der Waals surface area contributed by atoms with Crippen LogP contribution in [0.15, 0.2) is 60.7 Å². The zero-order valence-corrected chi connectivity index (χ0v) is 12.8. The van der Waals surface area contributed by atoms with Gasteiger partial charge in [-0.2, -0.15) is 0 Å². The molecule has 0 amide bonds. The van der Waals surface area contributed by atoms with E-state index in [2.05, 4.69) is 83.9 Å². The molecule has 0 fully saturated rings. The van der Waals surface area contributed by atoms with Crippen LogP contribution >= 0.6 is 8.58 Å². The molecule has 0 aliphatic carbocycles. The van der Waals surface area contributed by atoms with Gasteiger partial charge in [0.1, 0.15) is 0 Å². The van der Waals surface area contributed by atoms with E-state index in [-0.39, 0.29) is 12.4 Å². The summed E-state index contributed by atoms with van der Waals surface area (Å²) in [6.07, 6.45) is 0. The summed E-state index contributed by atoms with van der Waals surface area (Å²) < 4.78 is 0. The molecule has 0 aromatic heterocycles. The Bertz CT molecular complexity index is 340. The van der Waals surface area contributed by atoms with E-state index in [9.17, 15) is 0 Å². The van der Waals surface area contributed by atoms with Crippen LogP contribution in [-0.4, -0.2) is 16.3 Å². The molecule has 0 saturated carbocycles. The van der Waals surface area contributed by atoms with E-state index in [0.29, 0.717) is 0 Å². The summed E-state index contributed by atoms with van der Waals surface area (Å²) in [6, 6.07) is 21.2. The van der Waals surface area contributed by atoms with Crippen molar-refractivity contribution in [2.45, 2.75) is 12.2 Å². The van der Waals surface area contributed by atoms with Gasteiger partial charge in [0.15, 0.2) is 0 Å². The summed E-state index contributed by atoms with van der Waals surface area (Å²) in [6.45, 7) is 2.09. The van der Waals surface area contributed by atoms with Gasteiger partial charge in [-0.15, -0.1) is 0 Å². The molecular formula is C14H16AlClP. The number of halogens is 1. The molecule has 0 nitrogen and oxygen atoms in total. The van der Waals surface area contributed by atoms with Crippen LogP contribution in [0.2, 0.25) is 5.28 Å². The van der Waals surface area contributed by atoms with Crippen molar-refractivity contribution in [1.29, 1.82) is 0 Å². The summed E-state index contributed by atoms with van der Waals surface area (Å²) in [5.74, 6) is 0. The molecule has 0 saturated heterocycles. The predicted octanol–water partition coefficient (Wildman–Crippen LogP) is -0.0870. The number of hydrogen-bond acceptors (Lipinski definition) is 0. The molecule has 17 heavy (non-hydrogen) atoms. The summed E-state index contributed by atoms with van der Waals surface area (Å²) in [5.41, 5.74) is 0. The normalized spacial score (nSPS) is 8.47. The Balaban J connectivity index is 0.000000583. The van der Waals surface area contributed by atoms with Gasteiger partial charge in [-0.25, -0.2) is 0 Å². The fourth-order valence-corrected chi connectivity index (χ4v) is 2.26. The first-order chi connectivity index (χ1) is 7.86. The maximum atomic E-state index is 2.58. The smallest absolute Gasteiger partial charge is 0.0226 e. The van der Waals surface area contributed by atoms with Crippen molar-refractivity contribution in [2.24, 2.45) is 0 Å². The summed E-state index contributed by atoms with van der Waals surface area (Å²) in [4.78, 5) is 0. The Morgan fingerprint density at radius 3 is 1.41 bits per heavy atom. The minimum atomic E-state index is 0. The molecule has 0 aliphatic heterocycles. The Morgan fingerprint density at radius 1 is 0.824 bits per heavy atom. The maximum absolute atomic E-state index is 2.58. The third kappa shape index (κ3) is 7.59. The van der Waals surface area contributed by atoms with Crippen LogP contribution in [0.3, 0.4) is 0 Å². The van der Waals surface area contributed by atoms with Gasteiger partial charge < -0.3 is 12.4 Å². The molecule has 0 bridgehead atoms. The van der Waals surface area contributed by atoms with E-state index < -0.39 is 0 Å². The molecule has 0 spiro atoms. The Kier molecular flexibility index (Phi) is 10.6. The molecule has 3 heteroatoms. The minimum Gasteiger partial charge on any atom is -1.00 e. The van der Waals surface area contributed by atoms with Crippen LogP contribution in [-0.2, 0) is 0 Å². The van der Waals surface area contributed by atoms with Gasteiger partial charge in [0.2, 0.25) is 0 Å². The molecule has 0 atom stereocenters. The third-order valence-electron chi connectivity index (χ3n) is 1.84. The van der Waals surface area contributed by atoms with Crippen LogP contribution in [0.5, 0.6) is 0 Å². The average molecular weight is 278 g/mol. The molecular weight excluding hydrogens is 262 g/mol. The van der Waals surface area contributed by atoms with Crippen LogP contribution < -0.4 is 23.0 Å². The molecule has 0 unspecified atom stereocenters. The van der Waals surface area contributed by atoms with Crippen molar-refractivity contribution in [1.82, 2.24) is 0 Å². The van der Waals surface area contributed by atoms with Crippen LogP contribution in [0.1, 0.15) is 6.92 Å². The van der Waals surface area contributed by atoms with Crippen LogP contribution in [0.25, 0.3) is 0 Å². The van der Waals surface area contributed by atoms with Crippen LogP contribution in [0, 0.1) is 0 Å². The van der Waals surface area contributed by atoms with E-state index in [4.69, 9.17) is 0 Å². The Labute approximate surface area is 120 Å². The summed E-state index contributed by atoms with van der Waals surface area (Å²) in [7, 11) is 0.777. The minimum absolute atomic E-state index is 0. The van der Waals surface area contributed by atoms with Gasteiger partial charge in [0.05, 0.1) is 0 Å². The second-order valence-electron chi connectivity index (χ2n) is 3.27. The zero-order valence-electron chi connectivity index (χ0n) is 9.94. The number of hydrogen-bond donors (Lipinski definition) is 0. The largest absolute Gasteiger partial charge is 1.00 e. The van der Waals surface area contributed by atoms with Crippen molar-refractivity contribution in [3.05, 3.63) is 60.7 Å². The fourth-order valence-electron chi connectivity index (χ4n) is 1.21. The number of rotatable bonds is 2. The van der Waals surface area contributed by atoms with E-state index in [1.54, 1.807) is 0 Å². The predicted molar refractivity (Wildman–Crippen MR) is 76.7 cm³/mol. The van der Waals surface area contributed by atoms with Crippen molar-refractivity contribution in [3.63, 3.8) is 0 Å². The topological polar surface area (TPSA) is 0 Å². The first-order valence-corrected chi connectivity index (χ1v) is 7.25. The standard InChI is InChI=1S/C12H11P.C2H5.Al.ClH/c1-3-7-11(8-4-1)13-12-9-5-2-6-10-12;1-2;;/h1-10,13H;1H2,2H3;;1H/q;;+1;/p-1. The first kappa shape index (κ1) is 16.7. The fraction of sp³-hybridized carbons (Fsp3) is 0.143. The molecule has 2 aromatic carbocycles. The van der Waals surface area contributed by atoms with E-state index in [1.165, 1.54) is 15.9 Å². The monoisotopic (exact) mass is 277 g/mol. The Morgan fingerprint density at radius 2 is 1.12 bits per heavy atom. The molecule has 1 radical (unpaired) electrons. The molecule has 2 aromatic rings. The SMILES string of the molecule is C[CH2][Al+].[Cl-].c1ccc(Pc2ccccc2)cc1. The molecule has 2 rings (SSSR count). The molecule has 0 heterocycles. The summed E-state index contributed by atoms with van der Waals surface area (Å²) >= 11 is 2.58. The molecule has 0 aliphatic rings. The second kappa shape index (κ2) is 10.8. The van der Waals surface area contributed by atoms with Gasteiger partial charge >= 0.3 is 28.5 Å².